The van der Waals surface area contributed by atoms with Crippen LogP contribution in [0.15, 0.2) is 114 Å². The maximum absolute atomic E-state index is 13.6. The Bertz CT molecular complexity index is 1430. The number of para-hydroxylation sites is 2. The zero-order chi connectivity index (χ0) is 25.9. The van der Waals surface area contributed by atoms with Gasteiger partial charge in [-0.25, -0.2) is 4.99 Å². The molecule has 190 valence electrons. The molecule has 4 aromatic rings. The average Bonchev–Trinajstić information content (AvgIpc) is 3.22. The summed E-state index contributed by atoms with van der Waals surface area (Å²) in [5.41, 5.74) is 5.63. The molecule has 2 aliphatic rings. The number of nitrogens with zero attached hydrogens (tertiary/aromatic N) is 4. The Morgan fingerprint density at radius 3 is 2.03 bits per heavy atom. The van der Waals surface area contributed by atoms with Gasteiger partial charge in [-0.15, -0.1) is 0 Å². The Labute approximate surface area is 228 Å². The second-order valence-corrected chi connectivity index (χ2v) is 10.1. The number of anilines is 1. The molecule has 1 saturated heterocycles. The van der Waals surface area contributed by atoms with Gasteiger partial charge in [0.25, 0.3) is 5.91 Å². The number of piperazine rings is 1. The number of hydrogen-bond donors (Lipinski definition) is 0. The first-order chi connectivity index (χ1) is 18.7. The van der Waals surface area contributed by atoms with E-state index in [0.29, 0.717) is 12.4 Å². The van der Waals surface area contributed by atoms with Gasteiger partial charge in [-0.2, -0.15) is 0 Å². The largest absolute Gasteiger partial charge is 0.293 e. The molecule has 0 bridgehead atoms. The third-order valence-electron chi connectivity index (χ3n) is 7.31. The van der Waals surface area contributed by atoms with Crippen LogP contribution in [-0.4, -0.2) is 54.3 Å². The first-order valence-corrected chi connectivity index (χ1v) is 13.4. The van der Waals surface area contributed by atoms with Crippen molar-refractivity contribution in [2.75, 3.05) is 37.7 Å². The van der Waals surface area contributed by atoms with Crippen LogP contribution >= 0.6 is 11.6 Å². The van der Waals surface area contributed by atoms with E-state index in [1.807, 2.05) is 71.6 Å². The molecular formula is C32H29ClN4O. The van der Waals surface area contributed by atoms with Crippen LogP contribution in [0, 0.1) is 0 Å². The van der Waals surface area contributed by atoms with Gasteiger partial charge in [-0.3, -0.25) is 19.5 Å². The highest BCUT2D eigenvalue weighted by Crippen LogP contribution is 2.33. The van der Waals surface area contributed by atoms with Gasteiger partial charge in [0.2, 0.25) is 0 Å². The van der Waals surface area contributed by atoms with Crippen molar-refractivity contribution in [3.8, 4) is 0 Å². The Morgan fingerprint density at radius 1 is 0.711 bits per heavy atom. The van der Waals surface area contributed by atoms with Crippen LogP contribution in [0.1, 0.15) is 22.7 Å². The normalized spacial score (nSPS) is 18.1. The van der Waals surface area contributed by atoms with Crippen molar-refractivity contribution in [1.82, 2.24) is 9.80 Å². The minimum Gasteiger partial charge on any atom is -0.293 e. The van der Waals surface area contributed by atoms with Crippen molar-refractivity contribution in [3.05, 3.63) is 131 Å². The molecule has 2 aliphatic heterocycles. The van der Waals surface area contributed by atoms with Crippen molar-refractivity contribution < 1.29 is 4.79 Å². The minimum absolute atomic E-state index is 0.0409. The average molecular weight is 521 g/mol. The van der Waals surface area contributed by atoms with Gasteiger partial charge in [0.15, 0.2) is 0 Å². The van der Waals surface area contributed by atoms with E-state index in [4.69, 9.17) is 16.6 Å². The number of rotatable bonds is 6. The van der Waals surface area contributed by atoms with Crippen LogP contribution in [0.5, 0.6) is 0 Å². The second-order valence-electron chi connectivity index (χ2n) is 9.71. The molecule has 0 radical (unpaired) electrons. The van der Waals surface area contributed by atoms with E-state index < -0.39 is 0 Å². The van der Waals surface area contributed by atoms with Crippen molar-refractivity contribution in [2.24, 2.45) is 4.99 Å². The van der Waals surface area contributed by atoms with Crippen LogP contribution in [-0.2, 0) is 4.79 Å². The quantitative estimate of drug-likeness (QED) is 0.305. The molecule has 0 N–H and O–H groups in total. The molecule has 1 fully saturated rings. The molecule has 6 rings (SSSR count). The Balaban J connectivity index is 1.19. The predicted octanol–water partition coefficient (Wildman–Crippen LogP) is 6.17. The predicted molar refractivity (Wildman–Crippen MR) is 154 cm³/mol. The summed E-state index contributed by atoms with van der Waals surface area (Å²) in [5.74, 6) is -0.0409. The Morgan fingerprint density at radius 2 is 1.32 bits per heavy atom. The second kappa shape index (κ2) is 10.9. The molecule has 2 heterocycles. The van der Waals surface area contributed by atoms with E-state index in [2.05, 4.69) is 52.3 Å². The van der Waals surface area contributed by atoms with Crippen molar-refractivity contribution in [2.45, 2.75) is 6.04 Å². The molecule has 0 spiro atoms. The van der Waals surface area contributed by atoms with Crippen LogP contribution in [0.4, 0.5) is 11.4 Å². The molecule has 1 amide bonds. The van der Waals surface area contributed by atoms with Crippen LogP contribution in [0.3, 0.4) is 0 Å². The van der Waals surface area contributed by atoms with Gasteiger partial charge < -0.3 is 0 Å². The Hall–Kier alpha value is -3.77. The maximum atomic E-state index is 13.6. The maximum Gasteiger partial charge on any atom is 0.278 e. The summed E-state index contributed by atoms with van der Waals surface area (Å²) in [4.78, 5) is 25.0. The van der Waals surface area contributed by atoms with Gasteiger partial charge in [-0.05, 0) is 41.5 Å². The van der Waals surface area contributed by atoms with Gasteiger partial charge in [-0.1, -0.05) is 90.5 Å². The summed E-state index contributed by atoms with van der Waals surface area (Å²) in [6, 6.07) is 36.6. The molecule has 0 aromatic heterocycles. The summed E-state index contributed by atoms with van der Waals surface area (Å²) in [7, 11) is 0. The fourth-order valence-corrected chi connectivity index (χ4v) is 5.53. The number of fused-ring (bicyclic) bond motifs is 1. The monoisotopic (exact) mass is 520 g/mol. The summed E-state index contributed by atoms with van der Waals surface area (Å²) < 4.78 is 0. The topological polar surface area (TPSA) is 39.2 Å². The van der Waals surface area contributed by atoms with Crippen molar-refractivity contribution in [1.29, 1.82) is 0 Å². The first-order valence-electron chi connectivity index (χ1n) is 13.0. The van der Waals surface area contributed by atoms with Gasteiger partial charge in [0.1, 0.15) is 5.71 Å². The zero-order valence-electron chi connectivity index (χ0n) is 21.1. The summed E-state index contributed by atoms with van der Waals surface area (Å²) in [6.07, 6.45) is 0. The first kappa shape index (κ1) is 24.6. The number of aliphatic imine (C=N–C) groups is 1. The number of carbonyl (C=O) groups is 1. The van der Waals surface area contributed by atoms with E-state index >= 15 is 0 Å². The summed E-state index contributed by atoms with van der Waals surface area (Å²) >= 11 is 6.19. The fraction of sp³-hybridized carbons (Fsp3) is 0.188. The van der Waals surface area contributed by atoms with Crippen LogP contribution in [0.25, 0.3) is 0 Å². The van der Waals surface area contributed by atoms with Gasteiger partial charge in [0, 0.05) is 36.8 Å². The lowest BCUT2D eigenvalue weighted by molar-refractivity contribution is -0.112. The Kier molecular flexibility index (Phi) is 7.06. The van der Waals surface area contributed by atoms with E-state index in [1.54, 1.807) is 0 Å². The molecule has 0 aliphatic carbocycles. The van der Waals surface area contributed by atoms with E-state index in [-0.39, 0.29) is 11.9 Å². The molecule has 4 aromatic carbocycles. The standard InChI is InChI=1S/C32H29ClN4O/c33-26-17-15-25(16-18-26)31(24-9-3-1-4-10-24)36-21-19-35(20-22-36)23-37-29-14-8-7-13-28(29)30(32(37)38)34-27-11-5-2-6-12-27/h1-18,31H,19-23H2. The summed E-state index contributed by atoms with van der Waals surface area (Å²) in [6.45, 7) is 4.09. The SMILES string of the molecule is O=C1C(=Nc2ccccc2)c2ccccc2N1CN1CCN(C(c2ccccc2)c2ccc(Cl)cc2)CC1. The van der Waals surface area contributed by atoms with Gasteiger partial charge in [0.05, 0.1) is 24.1 Å². The van der Waals surface area contributed by atoms with Crippen molar-refractivity contribution in [3.63, 3.8) is 0 Å². The number of carbonyl (C=O) groups excluding carboxylic acids is 1. The lowest BCUT2D eigenvalue weighted by atomic mass is 9.96. The third-order valence-corrected chi connectivity index (χ3v) is 7.56. The molecule has 6 heteroatoms. The highest BCUT2D eigenvalue weighted by Gasteiger charge is 2.35. The fourth-order valence-electron chi connectivity index (χ4n) is 5.40. The molecule has 1 atom stereocenters. The molecule has 0 saturated carbocycles. The van der Waals surface area contributed by atoms with E-state index in [0.717, 1.165) is 48.1 Å². The molecular weight excluding hydrogens is 492 g/mol. The number of hydrogen-bond acceptors (Lipinski definition) is 4. The van der Waals surface area contributed by atoms with Gasteiger partial charge >= 0.3 is 0 Å². The smallest absolute Gasteiger partial charge is 0.278 e. The zero-order valence-corrected chi connectivity index (χ0v) is 21.8. The highest BCUT2D eigenvalue weighted by atomic mass is 35.5. The van der Waals surface area contributed by atoms with Crippen LogP contribution < -0.4 is 4.90 Å². The van der Waals surface area contributed by atoms with Crippen molar-refractivity contribution >= 4 is 34.6 Å². The summed E-state index contributed by atoms with van der Waals surface area (Å²) in [5, 5.41) is 0.746. The number of benzene rings is 4. The van der Waals surface area contributed by atoms with E-state index in [9.17, 15) is 4.79 Å². The highest BCUT2D eigenvalue weighted by molar-refractivity contribution is 6.54. The third kappa shape index (κ3) is 5.01. The number of amides is 1. The van der Waals surface area contributed by atoms with E-state index in [1.165, 1.54) is 11.1 Å². The van der Waals surface area contributed by atoms with Crippen LogP contribution in [0.2, 0.25) is 5.02 Å². The molecule has 5 nitrogen and oxygen atoms in total. The molecule has 38 heavy (non-hydrogen) atoms. The minimum atomic E-state index is -0.0409. The number of halogens is 1. The lowest BCUT2D eigenvalue weighted by Crippen LogP contribution is -2.51. The lowest BCUT2D eigenvalue weighted by Gasteiger charge is -2.40. The molecule has 1 unspecified atom stereocenters.